The van der Waals surface area contributed by atoms with Gasteiger partial charge < -0.3 is 24.8 Å². The van der Waals surface area contributed by atoms with Crippen LogP contribution < -0.4 is 15.4 Å². The van der Waals surface area contributed by atoms with Gasteiger partial charge >= 0.3 is 0 Å². The van der Waals surface area contributed by atoms with Crippen LogP contribution in [0.25, 0.3) is 0 Å². The van der Waals surface area contributed by atoms with Crippen LogP contribution in [0, 0.1) is 5.41 Å². The number of hydrogen-bond acceptors (Lipinski definition) is 7. The molecular formula is C20H29N5O3. The van der Waals surface area contributed by atoms with Gasteiger partial charge in [-0.1, -0.05) is 0 Å². The zero-order chi connectivity index (χ0) is 20.3. The van der Waals surface area contributed by atoms with E-state index < -0.39 is 0 Å². The minimum Gasteiger partial charge on any atom is -0.488 e. The third-order valence-electron chi connectivity index (χ3n) is 4.82. The van der Waals surface area contributed by atoms with Gasteiger partial charge in [0.2, 0.25) is 0 Å². The number of rotatable bonds is 7. The molecule has 1 aromatic carbocycles. The summed E-state index contributed by atoms with van der Waals surface area (Å²) in [6, 6.07) is 7.55. The molecule has 0 unspecified atom stereocenters. The van der Waals surface area contributed by atoms with Gasteiger partial charge in [-0.05, 0) is 32.0 Å². The number of ether oxygens (including phenoxy) is 3. The minimum atomic E-state index is -0.0956. The van der Waals surface area contributed by atoms with Crippen molar-refractivity contribution in [3.63, 3.8) is 0 Å². The number of anilines is 2. The highest BCUT2D eigenvalue weighted by Gasteiger charge is 2.23. The van der Waals surface area contributed by atoms with Crippen LogP contribution in [0.2, 0.25) is 0 Å². The molecule has 0 bridgehead atoms. The molecule has 28 heavy (non-hydrogen) atoms. The number of hydrogen-bond donors (Lipinski definition) is 2. The Kier molecular flexibility index (Phi) is 6.21. The van der Waals surface area contributed by atoms with Crippen molar-refractivity contribution < 1.29 is 14.2 Å². The van der Waals surface area contributed by atoms with Crippen LogP contribution in [0.1, 0.15) is 25.1 Å². The Balaban J connectivity index is 1.85. The van der Waals surface area contributed by atoms with Crippen molar-refractivity contribution in [3.05, 3.63) is 35.5 Å². The molecule has 8 heteroatoms. The average Bonchev–Trinajstić information content (AvgIpc) is 3.05. The van der Waals surface area contributed by atoms with Crippen molar-refractivity contribution in [3.8, 4) is 5.75 Å². The van der Waals surface area contributed by atoms with Crippen molar-refractivity contribution in [2.75, 3.05) is 44.1 Å². The van der Waals surface area contributed by atoms with Gasteiger partial charge in [-0.25, -0.2) is 0 Å². The SMILES string of the molecule is COC[C@H](C)Oc1ccc(N)c(C(=N)c2cc(N3CCOC[C@@H]3C)nn2C)c1. The fourth-order valence-corrected chi connectivity index (χ4v) is 3.36. The van der Waals surface area contributed by atoms with E-state index in [2.05, 4.69) is 16.9 Å². The van der Waals surface area contributed by atoms with Crippen molar-refractivity contribution >= 4 is 17.2 Å². The second-order valence-corrected chi connectivity index (χ2v) is 7.14. The molecule has 1 saturated heterocycles. The van der Waals surface area contributed by atoms with Gasteiger partial charge in [0.1, 0.15) is 11.9 Å². The van der Waals surface area contributed by atoms with Gasteiger partial charge in [-0.2, -0.15) is 5.10 Å². The predicted octanol–water partition coefficient (Wildman–Crippen LogP) is 2.06. The Morgan fingerprint density at radius 3 is 2.93 bits per heavy atom. The lowest BCUT2D eigenvalue weighted by atomic mass is 10.0. The van der Waals surface area contributed by atoms with E-state index in [1.54, 1.807) is 23.9 Å². The van der Waals surface area contributed by atoms with Crippen LogP contribution >= 0.6 is 0 Å². The first-order valence-electron chi connectivity index (χ1n) is 9.43. The van der Waals surface area contributed by atoms with E-state index in [4.69, 9.17) is 25.4 Å². The molecule has 3 rings (SSSR count). The van der Waals surface area contributed by atoms with Crippen molar-refractivity contribution in [1.82, 2.24) is 9.78 Å². The fourth-order valence-electron chi connectivity index (χ4n) is 3.36. The lowest BCUT2D eigenvalue weighted by Gasteiger charge is -2.33. The molecule has 0 spiro atoms. The van der Waals surface area contributed by atoms with Crippen LogP contribution in [0.15, 0.2) is 24.3 Å². The van der Waals surface area contributed by atoms with Crippen LogP contribution in [-0.4, -0.2) is 61.1 Å². The molecule has 1 fully saturated rings. The van der Waals surface area contributed by atoms with Gasteiger partial charge in [-0.15, -0.1) is 0 Å². The standard InChI is InChI=1S/C20H29N5O3/c1-13-11-27-8-7-25(13)19-10-18(24(3)23-19)20(22)16-9-15(5-6-17(16)21)28-14(2)12-26-4/h5-6,9-10,13-14,22H,7-8,11-12,21H2,1-4H3/t13-,14-/m0/s1. The average molecular weight is 387 g/mol. The molecule has 1 aromatic heterocycles. The summed E-state index contributed by atoms with van der Waals surface area (Å²) < 4.78 is 18.2. The normalized spacial score (nSPS) is 18.1. The van der Waals surface area contributed by atoms with Crippen molar-refractivity contribution in [1.29, 1.82) is 5.41 Å². The minimum absolute atomic E-state index is 0.0956. The molecule has 1 aliphatic heterocycles. The number of aryl methyl sites for hydroxylation is 1. The molecule has 0 amide bonds. The molecule has 2 aromatic rings. The first kappa shape index (κ1) is 20.2. The molecule has 0 aliphatic carbocycles. The Bertz CT molecular complexity index is 835. The summed E-state index contributed by atoms with van der Waals surface area (Å²) in [5.41, 5.74) is 8.31. The van der Waals surface area contributed by atoms with Crippen LogP contribution in [0.3, 0.4) is 0 Å². The monoisotopic (exact) mass is 387 g/mol. The number of aromatic nitrogens is 2. The maximum Gasteiger partial charge on any atom is 0.151 e. The molecule has 2 atom stereocenters. The number of nitrogens with one attached hydrogen (secondary N) is 1. The lowest BCUT2D eigenvalue weighted by Crippen LogP contribution is -2.43. The Hall–Kier alpha value is -2.58. The summed E-state index contributed by atoms with van der Waals surface area (Å²) in [6.07, 6.45) is -0.0956. The van der Waals surface area contributed by atoms with E-state index in [1.807, 2.05) is 26.1 Å². The fraction of sp³-hybridized carbons (Fsp3) is 0.500. The predicted molar refractivity (Wildman–Crippen MR) is 110 cm³/mol. The summed E-state index contributed by atoms with van der Waals surface area (Å²) in [4.78, 5) is 2.20. The zero-order valence-corrected chi connectivity index (χ0v) is 16.9. The third-order valence-corrected chi connectivity index (χ3v) is 4.82. The van der Waals surface area contributed by atoms with E-state index in [0.717, 1.165) is 12.4 Å². The van der Waals surface area contributed by atoms with E-state index in [9.17, 15) is 0 Å². The first-order chi connectivity index (χ1) is 13.4. The van der Waals surface area contributed by atoms with Gasteiger partial charge in [0.15, 0.2) is 5.82 Å². The second kappa shape index (κ2) is 8.62. The maximum absolute atomic E-state index is 8.73. The third kappa shape index (κ3) is 4.28. The number of methoxy groups -OCH3 is 1. The van der Waals surface area contributed by atoms with Crippen LogP contribution in [-0.2, 0) is 16.5 Å². The highest BCUT2D eigenvalue weighted by atomic mass is 16.5. The number of nitrogen functional groups attached to an aromatic ring is 1. The summed E-state index contributed by atoms with van der Waals surface area (Å²) in [6.45, 7) is 6.67. The Morgan fingerprint density at radius 2 is 2.21 bits per heavy atom. The molecule has 3 N–H and O–H groups in total. The summed E-state index contributed by atoms with van der Waals surface area (Å²) in [5.74, 6) is 1.50. The topological polar surface area (TPSA) is 98.6 Å². The van der Waals surface area contributed by atoms with Crippen LogP contribution in [0.5, 0.6) is 5.75 Å². The molecule has 0 saturated carbocycles. The molecular weight excluding hydrogens is 358 g/mol. The smallest absolute Gasteiger partial charge is 0.151 e. The lowest BCUT2D eigenvalue weighted by molar-refractivity contribution is 0.0921. The molecule has 2 heterocycles. The molecule has 152 valence electrons. The quantitative estimate of drug-likeness (QED) is 0.557. The molecule has 0 radical (unpaired) electrons. The van der Waals surface area contributed by atoms with Crippen LogP contribution in [0.4, 0.5) is 11.5 Å². The molecule has 1 aliphatic rings. The highest BCUT2D eigenvalue weighted by Crippen LogP contribution is 2.26. The maximum atomic E-state index is 8.73. The van der Waals surface area contributed by atoms with Crippen molar-refractivity contribution in [2.45, 2.75) is 26.0 Å². The van der Waals surface area contributed by atoms with Gasteiger partial charge in [0.05, 0.1) is 37.3 Å². The summed E-state index contributed by atoms with van der Waals surface area (Å²) in [5, 5.41) is 13.3. The summed E-state index contributed by atoms with van der Waals surface area (Å²) >= 11 is 0. The Labute approximate surface area is 165 Å². The first-order valence-corrected chi connectivity index (χ1v) is 9.43. The van der Waals surface area contributed by atoms with Gasteiger partial charge in [-0.3, -0.25) is 10.1 Å². The number of nitrogens with zero attached hydrogens (tertiary/aromatic N) is 3. The molecule has 8 nitrogen and oxygen atoms in total. The van der Waals surface area contributed by atoms with Gasteiger partial charge in [0, 0.05) is 38.0 Å². The van der Waals surface area contributed by atoms with E-state index in [-0.39, 0.29) is 12.1 Å². The Morgan fingerprint density at radius 1 is 1.43 bits per heavy atom. The number of nitrogens with two attached hydrogens (primary N) is 1. The van der Waals surface area contributed by atoms with Crippen molar-refractivity contribution in [2.24, 2.45) is 7.05 Å². The van der Waals surface area contributed by atoms with E-state index in [1.165, 1.54) is 0 Å². The highest BCUT2D eigenvalue weighted by molar-refractivity contribution is 6.13. The summed E-state index contributed by atoms with van der Waals surface area (Å²) in [7, 11) is 3.48. The number of benzene rings is 1. The van der Waals surface area contributed by atoms with E-state index >= 15 is 0 Å². The largest absolute Gasteiger partial charge is 0.488 e. The second-order valence-electron chi connectivity index (χ2n) is 7.14. The zero-order valence-electron chi connectivity index (χ0n) is 16.9. The number of morpholine rings is 1. The van der Waals surface area contributed by atoms with Gasteiger partial charge in [0.25, 0.3) is 0 Å². The van der Waals surface area contributed by atoms with E-state index in [0.29, 0.717) is 48.2 Å².